The first kappa shape index (κ1) is 60.5. The van der Waals surface area contributed by atoms with E-state index in [1.807, 2.05) is 12.1 Å². The van der Waals surface area contributed by atoms with Crippen molar-refractivity contribution < 1.29 is 73.4 Å². The third-order valence-corrected chi connectivity index (χ3v) is 14.6. The summed E-state index contributed by atoms with van der Waals surface area (Å²) in [6.45, 7) is 31.5. The fraction of sp³-hybridized carbons (Fsp3) is 0.279. The van der Waals surface area contributed by atoms with Gasteiger partial charge in [-0.15, -0.1) is 20.7 Å². The molecule has 0 unspecified atom stereocenters. The van der Waals surface area contributed by atoms with Crippen LogP contribution in [0.3, 0.4) is 0 Å². The Labute approximate surface area is 351 Å². The van der Waals surface area contributed by atoms with E-state index in [1.165, 1.54) is 68.3 Å². The van der Waals surface area contributed by atoms with Gasteiger partial charge < -0.3 is 0 Å². The Kier molecular flexibility index (Phi) is 50.0. The molecular weight excluding hydrogens is 1060 g/mol. The van der Waals surface area contributed by atoms with Crippen molar-refractivity contribution >= 4 is 37.1 Å². The molecule has 0 atom stereocenters. The molecule has 0 heterocycles. The Hall–Kier alpha value is -2.76. The van der Waals surface area contributed by atoms with Gasteiger partial charge in [0.15, 0.2) is 0 Å². The van der Waals surface area contributed by atoms with Gasteiger partial charge >= 0.3 is 79.1 Å². The van der Waals surface area contributed by atoms with Gasteiger partial charge in [0, 0.05) is 46.2 Å². The van der Waals surface area contributed by atoms with E-state index in [4.69, 9.17) is 32.6 Å². The number of hydrogen-bond donors (Lipinski definition) is 0. The molecule has 54 heavy (non-hydrogen) atoms. The molecule has 0 aliphatic heterocycles. The molecule has 4 aromatic rings. The van der Waals surface area contributed by atoms with Crippen molar-refractivity contribution in [3.63, 3.8) is 0 Å². The van der Waals surface area contributed by atoms with Crippen LogP contribution in [0.5, 0.6) is 0 Å². The smallest absolute Gasteiger partial charge is 0.119 e. The maximum atomic E-state index is 7.50. The molecule has 2 saturated carbocycles. The summed E-state index contributed by atoms with van der Waals surface area (Å²) >= 11 is 0. The molecule has 4 aromatic carbocycles. The first-order chi connectivity index (χ1) is 25.9. The molecule has 0 aromatic heterocycles. The van der Waals surface area contributed by atoms with E-state index in [2.05, 4.69) is 156 Å². The molecule has 11 heteroatoms. The summed E-state index contributed by atoms with van der Waals surface area (Å²) in [5, 5.41) is 5.48. The SMILES string of the molecule is C1CCC(PC2CCCCC2)CC1.[C-]#[O+].[C-]#[O+].[C-]#[O+].[C-]#[O+].[C-]#[O+].[C-]#[O+].[C-]#[O+].[Re].[Re].[c-]1ccc([P+](c2ccccc2)(c2ccccc2)c2ccccc2)cc1. The molecule has 0 N–H and O–H groups in total. The van der Waals surface area contributed by atoms with Crippen LogP contribution in [0.2, 0.25) is 0 Å². The zero-order valence-electron chi connectivity index (χ0n) is 29.8. The largest absolute Gasteiger partial charge is 0.184 e. The molecule has 2 aliphatic carbocycles. The topological polar surface area (TPSA) is 139 Å². The zero-order valence-corrected chi connectivity index (χ0v) is 37.1. The van der Waals surface area contributed by atoms with Gasteiger partial charge in [-0.05, 0) is 73.4 Å². The van der Waals surface area contributed by atoms with E-state index in [0.717, 1.165) is 11.3 Å². The van der Waals surface area contributed by atoms with Gasteiger partial charge in [0.25, 0.3) is 0 Å². The van der Waals surface area contributed by atoms with Crippen LogP contribution in [0.4, 0.5) is 0 Å². The van der Waals surface area contributed by atoms with Crippen LogP contribution in [0.15, 0.2) is 115 Å². The summed E-state index contributed by atoms with van der Waals surface area (Å²) in [5.41, 5.74) is 2.30. The van der Waals surface area contributed by atoms with Gasteiger partial charge in [-0.3, -0.25) is 0 Å². The Bertz CT molecular complexity index is 1290. The van der Waals surface area contributed by atoms with Crippen LogP contribution < -0.4 is 21.2 Å². The molecular formula is C43H42O7P2Re2. The molecule has 2 radical (unpaired) electrons. The first-order valence-corrected chi connectivity index (χ1v) is 19.0. The van der Waals surface area contributed by atoms with Crippen molar-refractivity contribution in [3.05, 3.63) is 168 Å². The average molecular weight is 1110 g/mol. The van der Waals surface area contributed by atoms with Gasteiger partial charge in [0.1, 0.15) is 23.2 Å². The summed E-state index contributed by atoms with van der Waals surface area (Å²) in [6.07, 6.45) is 15.4. The van der Waals surface area contributed by atoms with Crippen LogP contribution in [0, 0.1) is 52.6 Å². The molecule has 7 nitrogen and oxygen atoms in total. The molecule has 0 bridgehead atoms. The molecule has 0 amide bonds. The minimum atomic E-state index is -1.93. The van der Waals surface area contributed by atoms with Gasteiger partial charge in [0.2, 0.25) is 0 Å². The van der Waals surface area contributed by atoms with Gasteiger partial charge in [-0.25, -0.2) is 0 Å². The van der Waals surface area contributed by atoms with E-state index < -0.39 is 7.26 Å². The van der Waals surface area contributed by atoms with Crippen LogP contribution in [0.1, 0.15) is 64.2 Å². The Balaban J connectivity index is -0.000000235. The Morgan fingerprint density at radius 1 is 0.389 bits per heavy atom. The van der Waals surface area contributed by atoms with E-state index in [1.54, 1.807) is 25.7 Å². The molecule has 2 fully saturated rings. The minimum absolute atomic E-state index is 0. The summed E-state index contributed by atoms with van der Waals surface area (Å²) in [5.74, 6) is 0. The van der Waals surface area contributed by atoms with Crippen molar-refractivity contribution in [1.82, 2.24) is 0 Å². The van der Waals surface area contributed by atoms with E-state index in [-0.39, 0.29) is 40.8 Å². The third kappa shape index (κ3) is 21.4. The fourth-order valence-corrected chi connectivity index (χ4v) is 12.7. The summed E-state index contributed by atoms with van der Waals surface area (Å²) in [7, 11) is -0.595. The molecule has 280 valence electrons. The molecule has 6 rings (SSSR count). The van der Waals surface area contributed by atoms with Crippen LogP contribution in [-0.4, -0.2) is 11.3 Å². The standard InChI is InChI=1S/C24H19P.C12H23P.7CO.2Re/c1-5-13-21(14-6-1)25(22-15-7-2-8-16-22,23-17-9-3-10-18-23)24-19-11-4-12-20-24;1-3-7-11(8-4-1)13-12-9-5-2-6-10-12;7*1-2;;/h1-3,5-20H;11-13H,1-10H2;;;;;;;;;. The van der Waals surface area contributed by atoms with Crippen LogP contribution in [-0.2, 0) is 73.4 Å². The average Bonchev–Trinajstić information content (AvgIpc) is 3.29. The zero-order chi connectivity index (χ0) is 39.9. The summed E-state index contributed by atoms with van der Waals surface area (Å²) in [4.78, 5) is 0. The molecule has 0 spiro atoms. The maximum Gasteiger partial charge on any atom is 0.119 e. The second kappa shape index (κ2) is 44.6. The van der Waals surface area contributed by atoms with Gasteiger partial charge in [0.05, 0.1) is 0 Å². The van der Waals surface area contributed by atoms with Gasteiger partial charge in [-0.2, -0.15) is 18.2 Å². The van der Waals surface area contributed by atoms with Gasteiger partial charge in [-0.1, -0.05) is 93.1 Å². The van der Waals surface area contributed by atoms with Crippen molar-refractivity contribution in [2.75, 3.05) is 0 Å². The predicted molar refractivity (Wildman–Crippen MR) is 200 cm³/mol. The second-order valence-electron chi connectivity index (χ2n) is 10.8. The maximum absolute atomic E-state index is 7.50. The monoisotopic (exact) mass is 1110 g/mol. The summed E-state index contributed by atoms with van der Waals surface area (Å²) < 4.78 is 52.5. The van der Waals surface area contributed by atoms with E-state index >= 15 is 0 Å². The van der Waals surface area contributed by atoms with Crippen molar-refractivity contribution in [2.24, 2.45) is 0 Å². The Morgan fingerprint density at radius 2 is 0.630 bits per heavy atom. The number of hydrogen-bond acceptors (Lipinski definition) is 0. The van der Waals surface area contributed by atoms with Crippen molar-refractivity contribution in [3.8, 4) is 0 Å². The minimum Gasteiger partial charge on any atom is -0.184 e. The number of rotatable bonds is 6. The third-order valence-electron chi connectivity index (χ3n) is 8.20. The molecule has 0 saturated heterocycles. The van der Waals surface area contributed by atoms with Crippen LogP contribution in [0.25, 0.3) is 0 Å². The number of benzene rings is 4. The predicted octanol–water partition coefficient (Wildman–Crippen LogP) is 8.17. The van der Waals surface area contributed by atoms with E-state index in [0.29, 0.717) is 0 Å². The normalized spacial score (nSPS) is 12.1. The second-order valence-corrected chi connectivity index (χ2v) is 16.1. The molecule has 2 aliphatic rings. The van der Waals surface area contributed by atoms with Crippen LogP contribution >= 0.6 is 15.8 Å². The summed E-state index contributed by atoms with van der Waals surface area (Å²) in [6, 6.07) is 44.4. The first-order valence-electron chi connectivity index (χ1n) is 16.1. The Morgan fingerprint density at radius 3 is 0.889 bits per heavy atom. The quantitative estimate of drug-likeness (QED) is 0.105. The van der Waals surface area contributed by atoms with Crippen molar-refractivity contribution in [1.29, 1.82) is 0 Å². The fourth-order valence-electron chi connectivity index (χ4n) is 6.32. The van der Waals surface area contributed by atoms with Crippen molar-refractivity contribution in [2.45, 2.75) is 75.5 Å². The van der Waals surface area contributed by atoms with E-state index in [9.17, 15) is 0 Å².